The summed E-state index contributed by atoms with van der Waals surface area (Å²) in [6.07, 6.45) is -2.53. The average molecular weight is 187 g/mol. The van der Waals surface area contributed by atoms with Gasteiger partial charge in [0.1, 0.15) is 0 Å². The molecule has 0 aliphatic carbocycles. The van der Waals surface area contributed by atoms with E-state index in [4.69, 9.17) is 26.3 Å². The number of aliphatic hydroxyl groups excluding tert-OH is 4. The Morgan fingerprint density at radius 2 is 1.18 bits per heavy atom. The topological polar surface area (TPSA) is 116 Å². The molecule has 7 heteroatoms. The van der Waals surface area contributed by atoms with Crippen molar-refractivity contribution in [1.29, 1.82) is 0 Å². The fourth-order valence-corrected chi connectivity index (χ4v) is 1.20. The van der Waals surface area contributed by atoms with Gasteiger partial charge in [0.15, 0.2) is 0 Å². The van der Waals surface area contributed by atoms with Crippen molar-refractivity contribution >= 4 is 6.83 Å². The first-order valence-corrected chi connectivity index (χ1v) is 5.84. The van der Waals surface area contributed by atoms with Gasteiger partial charge in [-0.3, -0.25) is 0 Å². The maximum atomic E-state index is 8.80. The van der Waals surface area contributed by atoms with Gasteiger partial charge in [0.25, 0.3) is 0 Å². The van der Waals surface area contributed by atoms with Crippen molar-refractivity contribution in [1.82, 2.24) is 0 Å². The van der Waals surface area contributed by atoms with Crippen molar-refractivity contribution in [3.05, 3.63) is 0 Å². The van der Waals surface area contributed by atoms with Crippen molar-refractivity contribution in [2.75, 3.05) is 25.4 Å². The van der Waals surface area contributed by atoms with Crippen LogP contribution in [0, 0.1) is 0 Å². The molecule has 70 valence electrons. The fraction of sp³-hybridized carbons (Fsp3) is 1.00. The molecule has 0 unspecified atom stereocenters. The SMILES string of the molecule is NOP(CO)(CO)(CO)CO. The molecular formula is C4H14NO5P. The third kappa shape index (κ3) is 1.68. The zero-order chi connectivity index (χ0) is 8.98. The summed E-state index contributed by atoms with van der Waals surface area (Å²) in [4.78, 5) is 0. The molecule has 0 rings (SSSR count). The normalized spacial score (nSPS) is 15.9. The molecule has 0 aliphatic rings. The summed E-state index contributed by atoms with van der Waals surface area (Å²) in [6.45, 7) is -3.68. The van der Waals surface area contributed by atoms with Gasteiger partial charge < -0.3 is 0 Å². The summed E-state index contributed by atoms with van der Waals surface area (Å²) in [5.41, 5.74) is 0. The third-order valence-corrected chi connectivity index (χ3v) is 5.19. The molecule has 0 spiro atoms. The summed E-state index contributed by atoms with van der Waals surface area (Å²) in [5, 5.41) is 35.2. The van der Waals surface area contributed by atoms with Crippen molar-refractivity contribution < 1.29 is 25.1 Å². The van der Waals surface area contributed by atoms with Crippen LogP contribution in [0.1, 0.15) is 0 Å². The number of nitrogens with two attached hydrogens (primary N) is 1. The standard InChI is InChI=1S/C4H14NO5P/c5-10-11(1-6,2-7,3-8)4-9/h6-9H,1-5H2. The molecule has 0 aromatic heterocycles. The third-order valence-electron chi connectivity index (χ3n) is 1.73. The van der Waals surface area contributed by atoms with Crippen LogP contribution >= 0.6 is 6.83 Å². The monoisotopic (exact) mass is 187 g/mol. The quantitative estimate of drug-likeness (QED) is 0.255. The van der Waals surface area contributed by atoms with Crippen molar-refractivity contribution in [3.8, 4) is 0 Å². The molecule has 0 amide bonds. The van der Waals surface area contributed by atoms with Crippen LogP contribution in [0.25, 0.3) is 0 Å². The zero-order valence-corrected chi connectivity index (χ0v) is 6.94. The summed E-state index contributed by atoms with van der Waals surface area (Å²) in [6, 6.07) is 0. The van der Waals surface area contributed by atoms with Crippen molar-refractivity contribution in [3.63, 3.8) is 0 Å². The second-order valence-electron chi connectivity index (χ2n) is 2.53. The second-order valence-corrected chi connectivity index (χ2v) is 7.59. The Labute approximate surface area is 64.2 Å². The van der Waals surface area contributed by atoms with Crippen LogP contribution in [0.15, 0.2) is 0 Å². The van der Waals surface area contributed by atoms with Gasteiger partial charge in [0, 0.05) is 0 Å². The molecule has 0 radical (unpaired) electrons. The van der Waals surface area contributed by atoms with Gasteiger partial charge in [0.05, 0.1) is 0 Å². The molecule has 6 N–H and O–H groups in total. The van der Waals surface area contributed by atoms with Crippen LogP contribution in [0.2, 0.25) is 0 Å². The number of aliphatic hydroxyl groups is 4. The maximum absolute atomic E-state index is 8.80. The molecule has 0 aliphatic heterocycles. The minimum absolute atomic E-state index is 0.633. The molecule has 0 saturated carbocycles. The Bertz CT molecular complexity index is 90.8. The Morgan fingerprint density at radius 1 is 0.909 bits per heavy atom. The van der Waals surface area contributed by atoms with Gasteiger partial charge in [-0.1, -0.05) is 0 Å². The van der Waals surface area contributed by atoms with E-state index in [1.165, 1.54) is 0 Å². The van der Waals surface area contributed by atoms with Crippen LogP contribution < -0.4 is 5.90 Å². The van der Waals surface area contributed by atoms with Crippen LogP contribution in [-0.4, -0.2) is 45.8 Å². The molecule has 11 heavy (non-hydrogen) atoms. The Morgan fingerprint density at radius 3 is 1.18 bits per heavy atom. The number of hydrogen-bond acceptors (Lipinski definition) is 6. The molecule has 0 fully saturated rings. The first kappa shape index (κ1) is 11.2. The molecule has 0 heterocycles. The predicted octanol–water partition coefficient (Wildman–Crippen LogP) is -1.86. The van der Waals surface area contributed by atoms with E-state index >= 15 is 0 Å². The molecule has 0 bridgehead atoms. The average Bonchev–Trinajstić information content (AvgIpc) is 2.12. The van der Waals surface area contributed by atoms with E-state index in [1.54, 1.807) is 0 Å². The van der Waals surface area contributed by atoms with E-state index in [0.29, 0.717) is 0 Å². The minimum atomic E-state index is -3.68. The van der Waals surface area contributed by atoms with E-state index in [1.807, 2.05) is 0 Å². The summed E-state index contributed by atoms with van der Waals surface area (Å²) >= 11 is 0. The van der Waals surface area contributed by atoms with E-state index in [9.17, 15) is 0 Å². The van der Waals surface area contributed by atoms with Crippen LogP contribution in [0.4, 0.5) is 0 Å². The molecule has 0 atom stereocenters. The molecular weight excluding hydrogens is 173 g/mol. The Kier molecular flexibility index (Phi) is 3.79. The van der Waals surface area contributed by atoms with Crippen molar-refractivity contribution in [2.45, 2.75) is 0 Å². The molecule has 0 aromatic carbocycles. The van der Waals surface area contributed by atoms with Gasteiger partial charge >= 0.3 is 63.2 Å². The van der Waals surface area contributed by atoms with Crippen LogP contribution in [0.3, 0.4) is 0 Å². The first-order chi connectivity index (χ1) is 5.12. The summed E-state index contributed by atoms with van der Waals surface area (Å²) in [7, 11) is 0. The second kappa shape index (κ2) is 3.73. The number of hydrogen-bond donors (Lipinski definition) is 5. The van der Waals surface area contributed by atoms with Gasteiger partial charge in [-0.15, -0.1) is 0 Å². The number of rotatable bonds is 5. The molecule has 6 nitrogen and oxygen atoms in total. The molecule has 0 aromatic rings. The van der Waals surface area contributed by atoms with E-state index in [-0.39, 0.29) is 0 Å². The van der Waals surface area contributed by atoms with Gasteiger partial charge in [-0.05, 0) is 0 Å². The Hall–Kier alpha value is 0.190. The van der Waals surface area contributed by atoms with Gasteiger partial charge in [-0.2, -0.15) is 0 Å². The Balaban J connectivity index is 4.67. The summed E-state index contributed by atoms with van der Waals surface area (Å²) < 4.78 is 4.35. The van der Waals surface area contributed by atoms with Crippen molar-refractivity contribution in [2.24, 2.45) is 5.90 Å². The summed E-state index contributed by atoms with van der Waals surface area (Å²) in [5.74, 6) is 4.80. The first-order valence-electron chi connectivity index (χ1n) is 2.95. The fourth-order valence-electron chi connectivity index (χ4n) is 0.402. The predicted molar refractivity (Wildman–Crippen MR) is 40.5 cm³/mol. The van der Waals surface area contributed by atoms with E-state index in [2.05, 4.69) is 4.62 Å². The zero-order valence-electron chi connectivity index (χ0n) is 6.05. The van der Waals surface area contributed by atoms with Gasteiger partial charge in [-0.25, -0.2) is 0 Å². The van der Waals surface area contributed by atoms with Gasteiger partial charge in [0.2, 0.25) is 0 Å². The van der Waals surface area contributed by atoms with E-state index < -0.39 is 32.2 Å². The molecule has 0 saturated heterocycles. The van der Waals surface area contributed by atoms with E-state index in [0.717, 1.165) is 0 Å². The van der Waals surface area contributed by atoms with Crippen LogP contribution in [0.5, 0.6) is 0 Å². The van der Waals surface area contributed by atoms with Crippen LogP contribution in [-0.2, 0) is 4.62 Å².